The van der Waals surface area contributed by atoms with Crippen LogP contribution in [0, 0.1) is 5.92 Å². The quantitative estimate of drug-likeness (QED) is 0.865. The Labute approximate surface area is 146 Å². The maximum atomic E-state index is 12.8. The number of likely N-dealkylation sites (tertiary alicyclic amines) is 1. The Morgan fingerprint density at radius 2 is 1.96 bits per heavy atom. The SMILES string of the molecule is O=C(O)CCc1ccccc1C(=O)N1CCC(Cn2cncn2)CC1. The lowest BCUT2D eigenvalue weighted by molar-refractivity contribution is -0.136. The van der Waals surface area contributed by atoms with E-state index in [0.717, 1.165) is 24.9 Å². The summed E-state index contributed by atoms with van der Waals surface area (Å²) in [7, 11) is 0. The summed E-state index contributed by atoms with van der Waals surface area (Å²) in [6.45, 7) is 2.26. The Balaban J connectivity index is 1.60. The van der Waals surface area contributed by atoms with E-state index in [4.69, 9.17) is 5.11 Å². The molecule has 0 saturated carbocycles. The van der Waals surface area contributed by atoms with Gasteiger partial charge in [-0.3, -0.25) is 14.3 Å². The molecule has 1 aromatic heterocycles. The van der Waals surface area contributed by atoms with Gasteiger partial charge in [-0.1, -0.05) is 18.2 Å². The van der Waals surface area contributed by atoms with E-state index in [0.29, 0.717) is 31.0 Å². The third-order valence-electron chi connectivity index (χ3n) is 4.67. The van der Waals surface area contributed by atoms with Gasteiger partial charge in [-0.05, 0) is 36.8 Å². The largest absolute Gasteiger partial charge is 0.481 e. The molecular formula is C18H22N4O3. The molecule has 1 saturated heterocycles. The van der Waals surface area contributed by atoms with Crippen molar-refractivity contribution in [1.29, 1.82) is 0 Å². The van der Waals surface area contributed by atoms with E-state index in [1.807, 2.05) is 27.8 Å². The third-order valence-corrected chi connectivity index (χ3v) is 4.67. The number of nitrogens with zero attached hydrogens (tertiary/aromatic N) is 4. The summed E-state index contributed by atoms with van der Waals surface area (Å²) in [5.41, 5.74) is 1.43. The highest BCUT2D eigenvalue weighted by molar-refractivity contribution is 5.95. The lowest BCUT2D eigenvalue weighted by Gasteiger charge is -2.32. The second-order valence-corrected chi connectivity index (χ2v) is 6.40. The molecule has 2 heterocycles. The summed E-state index contributed by atoms with van der Waals surface area (Å²) in [4.78, 5) is 29.5. The van der Waals surface area contributed by atoms with E-state index >= 15 is 0 Å². The monoisotopic (exact) mass is 342 g/mol. The first-order chi connectivity index (χ1) is 12.1. The van der Waals surface area contributed by atoms with Gasteiger partial charge in [-0.15, -0.1) is 0 Å². The van der Waals surface area contributed by atoms with Crippen molar-refractivity contribution < 1.29 is 14.7 Å². The maximum Gasteiger partial charge on any atom is 0.303 e. The van der Waals surface area contributed by atoms with E-state index in [1.165, 1.54) is 6.33 Å². The second kappa shape index (κ2) is 7.92. The van der Waals surface area contributed by atoms with Crippen LogP contribution in [-0.2, 0) is 17.8 Å². The number of carbonyl (C=O) groups excluding carboxylic acids is 1. The second-order valence-electron chi connectivity index (χ2n) is 6.40. The number of amides is 1. The first kappa shape index (κ1) is 17.1. The number of hydrogen-bond donors (Lipinski definition) is 1. The summed E-state index contributed by atoms with van der Waals surface area (Å²) >= 11 is 0. The Morgan fingerprint density at radius 1 is 1.20 bits per heavy atom. The minimum atomic E-state index is -0.851. The van der Waals surface area contributed by atoms with Crippen LogP contribution in [0.4, 0.5) is 0 Å². The minimum absolute atomic E-state index is 0.000180. The predicted molar refractivity (Wildman–Crippen MR) is 91.0 cm³/mol. The Morgan fingerprint density at radius 3 is 2.64 bits per heavy atom. The number of aliphatic carboxylic acids is 1. The average molecular weight is 342 g/mol. The highest BCUT2D eigenvalue weighted by atomic mass is 16.4. The Bertz CT molecular complexity index is 722. The van der Waals surface area contributed by atoms with Gasteiger partial charge < -0.3 is 10.0 Å². The molecule has 7 heteroatoms. The van der Waals surface area contributed by atoms with Gasteiger partial charge in [-0.2, -0.15) is 5.10 Å². The molecule has 3 rings (SSSR count). The molecule has 0 aliphatic carbocycles. The smallest absolute Gasteiger partial charge is 0.303 e. The van der Waals surface area contributed by atoms with E-state index in [2.05, 4.69) is 10.1 Å². The van der Waals surface area contributed by atoms with Crippen LogP contribution in [-0.4, -0.2) is 49.7 Å². The van der Waals surface area contributed by atoms with Crippen LogP contribution in [0.15, 0.2) is 36.9 Å². The van der Waals surface area contributed by atoms with E-state index < -0.39 is 5.97 Å². The van der Waals surface area contributed by atoms with Crippen LogP contribution in [0.2, 0.25) is 0 Å². The summed E-state index contributed by atoms with van der Waals surface area (Å²) in [5, 5.41) is 13.0. The molecule has 1 aliphatic rings. The van der Waals surface area contributed by atoms with Crippen LogP contribution in [0.3, 0.4) is 0 Å². The fourth-order valence-electron chi connectivity index (χ4n) is 3.27. The van der Waals surface area contributed by atoms with E-state index in [1.54, 1.807) is 12.4 Å². The number of carboxylic acid groups (broad SMARTS) is 1. The number of hydrogen-bond acceptors (Lipinski definition) is 4. The molecule has 1 amide bonds. The molecule has 1 aliphatic heterocycles. The number of aryl methyl sites for hydroxylation is 1. The van der Waals surface area contributed by atoms with Gasteiger partial charge in [0.1, 0.15) is 12.7 Å². The first-order valence-corrected chi connectivity index (χ1v) is 8.55. The number of rotatable bonds is 6. The number of carboxylic acids is 1. The van der Waals surface area contributed by atoms with Crippen molar-refractivity contribution in [2.24, 2.45) is 5.92 Å². The van der Waals surface area contributed by atoms with Crippen LogP contribution in [0.1, 0.15) is 35.2 Å². The van der Waals surface area contributed by atoms with Crippen molar-refractivity contribution in [3.8, 4) is 0 Å². The molecule has 7 nitrogen and oxygen atoms in total. The lowest BCUT2D eigenvalue weighted by Crippen LogP contribution is -2.39. The molecule has 1 fully saturated rings. The van der Waals surface area contributed by atoms with Gasteiger partial charge in [-0.25, -0.2) is 4.98 Å². The fourth-order valence-corrected chi connectivity index (χ4v) is 3.27. The molecule has 1 N–H and O–H groups in total. The third kappa shape index (κ3) is 4.43. The molecule has 132 valence electrons. The number of aromatic nitrogens is 3. The van der Waals surface area contributed by atoms with Crippen LogP contribution in [0.25, 0.3) is 0 Å². The fraction of sp³-hybridized carbons (Fsp3) is 0.444. The molecule has 0 spiro atoms. The van der Waals surface area contributed by atoms with Crippen molar-refractivity contribution in [2.75, 3.05) is 13.1 Å². The van der Waals surface area contributed by atoms with Gasteiger partial charge in [0.05, 0.1) is 0 Å². The van der Waals surface area contributed by atoms with Crippen molar-refractivity contribution in [3.63, 3.8) is 0 Å². The molecule has 25 heavy (non-hydrogen) atoms. The van der Waals surface area contributed by atoms with E-state index in [9.17, 15) is 9.59 Å². The number of carbonyl (C=O) groups is 2. The molecule has 0 radical (unpaired) electrons. The number of piperidine rings is 1. The van der Waals surface area contributed by atoms with Crippen LogP contribution >= 0.6 is 0 Å². The molecular weight excluding hydrogens is 320 g/mol. The normalized spacial score (nSPS) is 15.3. The van der Waals surface area contributed by atoms with Gasteiger partial charge >= 0.3 is 5.97 Å². The molecule has 0 bridgehead atoms. The minimum Gasteiger partial charge on any atom is -0.481 e. The molecule has 0 unspecified atom stereocenters. The topological polar surface area (TPSA) is 88.3 Å². The highest BCUT2D eigenvalue weighted by Gasteiger charge is 2.25. The molecule has 2 aromatic rings. The van der Waals surface area contributed by atoms with Crippen LogP contribution in [0.5, 0.6) is 0 Å². The summed E-state index contributed by atoms with van der Waals surface area (Å²) in [5.74, 6) is -0.357. The summed E-state index contributed by atoms with van der Waals surface area (Å²) < 4.78 is 1.84. The van der Waals surface area contributed by atoms with Gasteiger partial charge in [0.2, 0.25) is 0 Å². The van der Waals surface area contributed by atoms with Crippen molar-refractivity contribution in [1.82, 2.24) is 19.7 Å². The van der Waals surface area contributed by atoms with Crippen molar-refractivity contribution in [3.05, 3.63) is 48.0 Å². The maximum absolute atomic E-state index is 12.8. The van der Waals surface area contributed by atoms with Crippen molar-refractivity contribution in [2.45, 2.75) is 32.2 Å². The zero-order valence-corrected chi connectivity index (χ0v) is 14.0. The van der Waals surface area contributed by atoms with Gasteiger partial charge in [0, 0.05) is 31.6 Å². The Hall–Kier alpha value is -2.70. The summed E-state index contributed by atoms with van der Waals surface area (Å²) in [6.07, 6.45) is 5.53. The predicted octanol–water partition coefficient (Wildman–Crippen LogP) is 1.85. The first-order valence-electron chi connectivity index (χ1n) is 8.55. The number of benzene rings is 1. The van der Waals surface area contributed by atoms with Crippen molar-refractivity contribution >= 4 is 11.9 Å². The van der Waals surface area contributed by atoms with E-state index in [-0.39, 0.29) is 12.3 Å². The van der Waals surface area contributed by atoms with Gasteiger partial charge in [0.25, 0.3) is 5.91 Å². The Kier molecular flexibility index (Phi) is 5.42. The van der Waals surface area contributed by atoms with Crippen LogP contribution < -0.4 is 0 Å². The highest BCUT2D eigenvalue weighted by Crippen LogP contribution is 2.22. The average Bonchev–Trinajstić information content (AvgIpc) is 3.13. The standard InChI is InChI=1S/C18H22N4O3/c23-17(24)6-5-15-3-1-2-4-16(15)18(25)21-9-7-14(8-10-21)11-22-13-19-12-20-22/h1-4,12-14H,5-11H2,(H,23,24). The van der Waals surface area contributed by atoms with Gasteiger partial charge in [0.15, 0.2) is 0 Å². The molecule has 0 atom stereocenters. The lowest BCUT2D eigenvalue weighted by atomic mass is 9.95. The summed E-state index contributed by atoms with van der Waals surface area (Å²) in [6, 6.07) is 7.31. The zero-order chi connectivity index (χ0) is 17.6. The molecule has 1 aromatic carbocycles. The zero-order valence-electron chi connectivity index (χ0n) is 14.0.